The Balaban J connectivity index is 1.90. The molecule has 3 rings (SSSR count). The second kappa shape index (κ2) is 3.35. The number of aromatic nitrogens is 2. The Morgan fingerprint density at radius 3 is 2.40 bits per heavy atom. The summed E-state index contributed by atoms with van der Waals surface area (Å²) in [6.45, 7) is 0. The van der Waals surface area contributed by atoms with Crippen molar-refractivity contribution >= 4 is 11.6 Å². The number of benzene rings is 1. The average molecular weight is 221 g/mol. The fraction of sp³-hybridized carbons (Fsp3) is 0.273. The van der Waals surface area contributed by atoms with Crippen molar-refractivity contribution in [1.82, 2.24) is 10.1 Å². The minimum absolute atomic E-state index is 0.126. The maximum absolute atomic E-state index is 5.61. The average Bonchev–Trinajstić information content (AvgIpc) is 2.82. The van der Waals surface area contributed by atoms with Gasteiger partial charge in [-0.15, -0.1) is 0 Å². The molecular weight excluding hydrogens is 212 g/mol. The van der Waals surface area contributed by atoms with Crippen LogP contribution < -0.4 is 0 Å². The molecule has 1 aromatic carbocycles. The Bertz CT molecular complexity index is 470. The third-order valence-corrected chi connectivity index (χ3v) is 2.99. The topological polar surface area (TPSA) is 38.9 Å². The Morgan fingerprint density at radius 2 is 1.87 bits per heavy atom. The molecular formula is C11H9ClN2O. The summed E-state index contributed by atoms with van der Waals surface area (Å²) in [6, 6.07) is 8.42. The molecule has 0 radical (unpaired) electrons. The van der Waals surface area contributed by atoms with E-state index in [2.05, 4.69) is 34.4 Å². The molecule has 0 atom stereocenters. The van der Waals surface area contributed by atoms with Gasteiger partial charge in [0.05, 0.1) is 0 Å². The molecule has 1 aliphatic rings. The third-order valence-electron chi connectivity index (χ3n) is 2.83. The molecule has 3 nitrogen and oxygen atoms in total. The molecule has 0 spiro atoms. The van der Waals surface area contributed by atoms with E-state index in [1.54, 1.807) is 0 Å². The van der Waals surface area contributed by atoms with Crippen LogP contribution in [0.1, 0.15) is 22.9 Å². The number of hydrogen-bond acceptors (Lipinski definition) is 3. The smallest absolute Gasteiger partial charge is 0.320 e. The van der Waals surface area contributed by atoms with E-state index in [0.29, 0.717) is 5.92 Å². The van der Waals surface area contributed by atoms with Gasteiger partial charge in [-0.2, -0.15) is 4.98 Å². The summed E-state index contributed by atoms with van der Waals surface area (Å²) < 4.78 is 4.78. The molecule has 1 heterocycles. The van der Waals surface area contributed by atoms with Crippen LogP contribution in [0.4, 0.5) is 0 Å². The van der Waals surface area contributed by atoms with Crippen molar-refractivity contribution in [2.45, 2.75) is 18.8 Å². The molecule has 0 saturated heterocycles. The van der Waals surface area contributed by atoms with Crippen molar-refractivity contribution in [3.8, 4) is 0 Å². The predicted octanol–water partition coefficient (Wildman–Crippen LogP) is 2.61. The van der Waals surface area contributed by atoms with Gasteiger partial charge in [-0.3, -0.25) is 0 Å². The van der Waals surface area contributed by atoms with Crippen LogP contribution in [0.2, 0.25) is 5.35 Å². The van der Waals surface area contributed by atoms with E-state index in [1.165, 1.54) is 11.1 Å². The normalized spacial score (nSPS) is 15.5. The van der Waals surface area contributed by atoms with Gasteiger partial charge in [-0.25, -0.2) is 0 Å². The molecule has 0 amide bonds. The van der Waals surface area contributed by atoms with Gasteiger partial charge in [-0.05, 0) is 35.6 Å². The number of hydrogen-bond donors (Lipinski definition) is 0. The largest absolute Gasteiger partial charge is 0.321 e. The lowest BCUT2D eigenvalue weighted by Crippen LogP contribution is -1.99. The Labute approximate surface area is 92.1 Å². The van der Waals surface area contributed by atoms with Crippen molar-refractivity contribution in [1.29, 1.82) is 0 Å². The van der Waals surface area contributed by atoms with Gasteiger partial charge in [-0.1, -0.05) is 29.4 Å². The van der Waals surface area contributed by atoms with Crippen molar-refractivity contribution in [2.24, 2.45) is 0 Å². The molecule has 76 valence electrons. The van der Waals surface area contributed by atoms with E-state index in [4.69, 9.17) is 16.1 Å². The third kappa shape index (κ3) is 1.53. The highest BCUT2D eigenvalue weighted by atomic mass is 35.5. The van der Waals surface area contributed by atoms with Crippen LogP contribution >= 0.6 is 11.6 Å². The quantitative estimate of drug-likeness (QED) is 0.742. The molecule has 2 aromatic rings. The van der Waals surface area contributed by atoms with Crippen LogP contribution in [0.15, 0.2) is 28.8 Å². The molecule has 0 N–H and O–H groups in total. The fourth-order valence-electron chi connectivity index (χ4n) is 2.12. The van der Waals surface area contributed by atoms with Gasteiger partial charge in [0.15, 0.2) is 5.82 Å². The number of fused-ring (bicyclic) bond motifs is 1. The van der Waals surface area contributed by atoms with E-state index in [9.17, 15) is 0 Å². The molecule has 0 saturated carbocycles. The highest BCUT2D eigenvalue weighted by Crippen LogP contribution is 2.32. The zero-order valence-electron chi connectivity index (χ0n) is 7.98. The second-order valence-electron chi connectivity index (χ2n) is 3.78. The Hall–Kier alpha value is -1.35. The lowest BCUT2D eigenvalue weighted by molar-refractivity contribution is 0.406. The molecule has 1 aliphatic carbocycles. The first-order valence-corrected chi connectivity index (χ1v) is 5.26. The van der Waals surface area contributed by atoms with Gasteiger partial charge in [0.25, 0.3) is 0 Å². The summed E-state index contributed by atoms with van der Waals surface area (Å²) in [4.78, 5) is 4.06. The van der Waals surface area contributed by atoms with E-state index in [-0.39, 0.29) is 5.35 Å². The first-order chi connectivity index (χ1) is 7.33. The summed E-state index contributed by atoms with van der Waals surface area (Å²) in [5.41, 5.74) is 2.76. The minimum Gasteiger partial charge on any atom is -0.321 e. The summed E-state index contributed by atoms with van der Waals surface area (Å²) in [7, 11) is 0. The van der Waals surface area contributed by atoms with E-state index < -0.39 is 0 Å². The van der Waals surface area contributed by atoms with Crippen molar-refractivity contribution in [3.05, 3.63) is 46.6 Å². The number of rotatable bonds is 1. The number of halogens is 1. The van der Waals surface area contributed by atoms with Crippen LogP contribution in [0.25, 0.3) is 0 Å². The van der Waals surface area contributed by atoms with Crippen molar-refractivity contribution < 1.29 is 4.52 Å². The van der Waals surface area contributed by atoms with Crippen molar-refractivity contribution in [2.75, 3.05) is 0 Å². The van der Waals surface area contributed by atoms with Gasteiger partial charge in [0.2, 0.25) is 0 Å². The SMILES string of the molecule is Clc1nc(C2Cc3ccccc3C2)no1. The fourth-order valence-corrected chi connectivity index (χ4v) is 2.24. The summed E-state index contributed by atoms with van der Waals surface area (Å²) >= 11 is 5.61. The summed E-state index contributed by atoms with van der Waals surface area (Å²) in [5.74, 6) is 1.04. The molecule has 0 aliphatic heterocycles. The van der Waals surface area contributed by atoms with Gasteiger partial charge < -0.3 is 4.52 Å². The van der Waals surface area contributed by atoms with Crippen molar-refractivity contribution in [3.63, 3.8) is 0 Å². The second-order valence-corrected chi connectivity index (χ2v) is 4.10. The van der Waals surface area contributed by atoms with Crippen LogP contribution in [0.5, 0.6) is 0 Å². The molecule has 0 bridgehead atoms. The molecule has 0 unspecified atom stereocenters. The lowest BCUT2D eigenvalue weighted by Gasteiger charge is -1.99. The number of nitrogens with zero attached hydrogens (tertiary/aromatic N) is 2. The lowest BCUT2D eigenvalue weighted by atomic mass is 10.1. The monoisotopic (exact) mass is 220 g/mol. The van der Waals surface area contributed by atoms with Gasteiger partial charge in [0.1, 0.15) is 0 Å². The highest BCUT2D eigenvalue weighted by Gasteiger charge is 2.26. The Kier molecular flexibility index (Phi) is 1.99. The molecule has 1 aromatic heterocycles. The molecule has 4 heteroatoms. The van der Waals surface area contributed by atoms with E-state index in [1.807, 2.05) is 0 Å². The highest BCUT2D eigenvalue weighted by molar-refractivity contribution is 6.27. The zero-order chi connectivity index (χ0) is 10.3. The first kappa shape index (κ1) is 8.92. The first-order valence-electron chi connectivity index (χ1n) is 4.89. The minimum atomic E-state index is 0.126. The summed E-state index contributed by atoms with van der Waals surface area (Å²) in [6.07, 6.45) is 1.96. The maximum Gasteiger partial charge on any atom is 0.320 e. The van der Waals surface area contributed by atoms with Gasteiger partial charge in [0, 0.05) is 5.92 Å². The van der Waals surface area contributed by atoms with Gasteiger partial charge >= 0.3 is 5.35 Å². The molecule has 0 fully saturated rings. The molecule has 15 heavy (non-hydrogen) atoms. The van der Waals surface area contributed by atoms with E-state index in [0.717, 1.165) is 18.7 Å². The summed E-state index contributed by atoms with van der Waals surface area (Å²) in [5, 5.41) is 3.99. The predicted molar refractivity (Wildman–Crippen MR) is 55.9 cm³/mol. The van der Waals surface area contributed by atoms with E-state index >= 15 is 0 Å². The maximum atomic E-state index is 5.61. The van der Waals surface area contributed by atoms with Crippen LogP contribution in [-0.2, 0) is 12.8 Å². The zero-order valence-corrected chi connectivity index (χ0v) is 8.74. The van der Waals surface area contributed by atoms with Crippen LogP contribution in [0.3, 0.4) is 0 Å². The Morgan fingerprint density at radius 1 is 1.20 bits per heavy atom. The van der Waals surface area contributed by atoms with Crippen LogP contribution in [0, 0.1) is 0 Å². The van der Waals surface area contributed by atoms with Crippen LogP contribution in [-0.4, -0.2) is 10.1 Å². The standard InChI is InChI=1S/C11H9ClN2O/c12-11-13-10(14-15-11)9-5-7-3-1-2-4-8(7)6-9/h1-4,9H,5-6H2.